The first-order valence-electron chi connectivity index (χ1n) is 5.38. The molecule has 0 aromatic carbocycles. The molecule has 2 heterocycles. The van der Waals surface area contributed by atoms with Gasteiger partial charge in [0.1, 0.15) is 4.88 Å². The minimum atomic E-state index is -0.491. The van der Waals surface area contributed by atoms with Crippen LogP contribution in [0.15, 0.2) is 30.5 Å². The van der Waals surface area contributed by atoms with E-state index in [0.717, 1.165) is 10.7 Å². The summed E-state index contributed by atoms with van der Waals surface area (Å²) in [6.07, 6.45) is 1.75. The van der Waals surface area contributed by atoms with Gasteiger partial charge in [0.2, 0.25) is 0 Å². The van der Waals surface area contributed by atoms with Crippen molar-refractivity contribution in [1.82, 2.24) is 4.98 Å². The third-order valence-electron chi connectivity index (χ3n) is 2.47. The highest BCUT2D eigenvalue weighted by Crippen LogP contribution is 2.31. The monoisotopic (exact) mass is 262 g/mol. The van der Waals surface area contributed by atoms with Gasteiger partial charge in [-0.25, -0.2) is 0 Å². The van der Waals surface area contributed by atoms with E-state index in [2.05, 4.69) is 4.98 Å². The molecule has 0 aliphatic heterocycles. The van der Waals surface area contributed by atoms with E-state index in [1.54, 1.807) is 12.3 Å². The van der Waals surface area contributed by atoms with E-state index in [1.807, 2.05) is 30.1 Å². The van der Waals surface area contributed by atoms with Gasteiger partial charge in [0, 0.05) is 13.2 Å². The highest BCUT2D eigenvalue weighted by atomic mass is 32.1. The first-order valence-corrected chi connectivity index (χ1v) is 6.19. The fourth-order valence-corrected chi connectivity index (χ4v) is 2.48. The summed E-state index contributed by atoms with van der Waals surface area (Å²) in [4.78, 5) is 17.8. The van der Waals surface area contributed by atoms with Gasteiger partial charge < -0.3 is 16.4 Å². The molecule has 18 heavy (non-hydrogen) atoms. The topological polar surface area (TPSA) is 85.2 Å². The van der Waals surface area contributed by atoms with Crippen LogP contribution in [0.2, 0.25) is 0 Å². The maximum atomic E-state index is 11.1. The van der Waals surface area contributed by atoms with Gasteiger partial charge in [-0.3, -0.25) is 9.78 Å². The number of thiophene rings is 1. The number of hydrogen-bond acceptors (Lipinski definition) is 5. The van der Waals surface area contributed by atoms with Gasteiger partial charge in [0.25, 0.3) is 5.91 Å². The number of hydrogen-bond donors (Lipinski definition) is 2. The third kappa shape index (κ3) is 2.60. The van der Waals surface area contributed by atoms with E-state index in [1.165, 1.54) is 11.3 Å². The Bertz CT molecular complexity index is 552. The molecule has 0 saturated carbocycles. The van der Waals surface area contributed by atoms with Crippen molar-refractivity contribution in [3.63, 3.8) is 0 Å². The van der Waals surface area contributed by atoms with E-state index >= 15 is 0 Å². The Balaban J connectivity index is 2.17. The van der Waals surface area contributed by atoms with Crippen molar-refractivity contribution in [2.75, 3.05) is 17.7 Å². The van der Waals surface area contributed by atoms with Crippen molar-refractivity contribution in [1.29, 1.82) is 0 Å². The smallest absolute Gasteiger partial charge is 0.260 e. The number of carbonyl (C=O) groups is 1. The molecule has 2 aromatic heterocycles. The van der Waals surface area contributed by atoms with E-state index in [9.17, 15) is 4.79 Å². The van der Waals surface area contributed by atoms with Gasteiger partial charge in [-0.05, 0) is 18.2 Å². The SMILES string of the molecule is CN(Cc1ccccn1)c1cc(N)c(C(N)=O)s1. The molecule has 0 saturated heterocycles. The molecule has 5 nitrogen and oxygen atoms in total. The first-order chi connectivity index (χ1) is 8.58. The quantitative estimate of drug-likeness (QED) is 0.873. The summed E-state index contributed by atoms with van der Waals surface area (Å²) in [5.41, 5.74) is 12.4. The Morgan fingerprint density at radius 3 is 2.83 bits per heavy atom. The van der Waals surface area contributed by atoms with E-state index < -0.39 is 5.91 Å². The zero-order valence-electron chi connectivity index (χ0n) is 9.96. The van der Waals surface area contributed by atoms with Crippen LogP contribution in [-0.2, 0) is 6.54 Å². The van der Waals surface area contributed by atoms with Crippen LogP contribution >= 0.6 is 11.3 Å². The van der Waals surface area contributed by atoms with Crippen molar-refractivity contribution in [2.24, 2.45) is 5.73 Å². The molecule has 0 aliphatic carbocycles. The molecule has 0 bridgehead atoms. The Hall–Kier alpha value is -2.08. The van der Waals surface area contributed by atoms with Gasteiger partial charge in [-0.1, -0.05) is 6.07 Å². The molecule has 94 valence electrons. The minimum absolute atomic E-state index is 0.401. The van der Waals surface area contributed by atoms with E-state index in [-0.39, 0.29) is 0 Å². The second-order valence-electron chi connectivity index (χ2n) is 3.91. The standard InChI is InChI=1S/C12H14N4OS/c1-16(7-8-4-2-3-5-15-8)10-6-9(13)11(18-10)12(14)17/h2-6H,7,13H2,1H3,(H2,14,17). The lowest BCUT2D eigenvalue weighted by molar-refractivity contribution is 0.100. The zero-order chi connectivity index (χ0) is 13.1. The molecule has 1 amide bonds. The van der Waals surface area contributed by atoms with Crippen molar-refractivity contribution in [2.45, 2.75) is 6.54 Å². The molecule has 0 unspecified atom stereocenters. The number of rotatable bonds is 4. The zero-order valence-corrected chi connectivity index (χ0v) is 10.8. The number of primary amides is 1. The number of nitrogen functional groups attached to an aromatic ring is 1. The first kappa shape index (κ1) is 12.4. The molecule has 4 N–H and O–H groups in total. The molecule has 0 radical (unpaired) electrons. The van der Waals surface area contributed by atoms with Crippen molar-refractivity contribution in [3.8, 4) is 0 Å². The van der Waals surface area contributed by atoms with Crippen LogP contribution in [0.3, 0.4) is 0 Å². The average molecular weight is 262 g/mol. The van der Waals surface area contributed by atoms with Gasteiger partial charge in [-0.15, -0.1) is 11.3 Å². The molecule has 2 rings (SSSR count). The predicted molar refractivity (Wildman–Crippen MR) is 73.6 cm³/mol. The highest BCUT2D eigenvalue weighted by molar-refractivity contribution is 7.18. The number of aromatic nitrogens is 1. The predicted octanol–water partition coefficient (Wildman–Crippen LogP) is 1.46. The van der Waals surface area contributed by atoms with Gasteiger partial charge in [-0.2, -0.15) is 0 Å². The summed E-state index contributed by atoms with van der Waals surface area (Å²) in [6, 6.07) is 7.52. The number of anilines is 2. The largest absolute Gasteiger partial charge is 0.397 e. The summed E-state index contributed by atoms with van der Waals surface area (Å²) in [6.45, 7) is 0.652. The lowest BCUT2D eigenvalue weighted by Gasteiger charge is -2.15. The number of carbonyl (C=O) groups excluding carboxylic acids is 1. The fraction of sp³-hybridized carbons (Fsp3) is 0.167. The minimum Gasteiger partial charge on any atom is -0.397 e. The van der Waals surface area contributed by atoms with E-state index in [4.69, 9.17) is 11.5 Å². The van der Waals surface area contributed by atoms with Crippen LogP contribution in [0.1, 0.15) is 15.4 Å². The van der Waals surface area contributed by atoms with Crippen molar-refractivity contribution >= 4 is 27.9 Å². The van der Waals surface area contributed by atoms with Crippen LogP contribution in [0.25, 0.3) is 0 Å². The average Bonchev–Trinajstić information content (AvgIpc) is 2.73. The normalized spacial score (nSPS) is 10.3. The molecule has 0 fully saturated rings. The second kappa shape index (κ2) is 5.05. The number of nitrogens with zero attached hydrogens (tertiary/aromatic N) is 2. The van der Waals surface area contributed by atoms with Crippen LogP contribution in [0.5, 0.6) is 0 Å². The molecular weight excluding hydrogens is 248 g/mol. The van der Waals surface area contributed by atoms with Crippen LogP contribution < -0.4 is 16.4 Å². The summed E-state index contributed by atoms with van der Waals surface area (Å²) in [7, 11) is 1.92. The van der Waals surface area contributed by atoms with Gasteiger partial charge in [0.05, 0.1) is 22.9 Å². The summed E-state index contributed by atoms with van der Waals surface area (Å²) >= 11 is 1.29. The number of amides is 1. The Kier molecular flexibility index (Phi) is 3.47. The van der Waals surface area contributed by atoms with Crippen molar-refractivity contribution in [3.05, 3.63) is 41.0 Å². The number of pyridine rings is 1. The Morgan fingerprint density at radius 1 is 1.50 bits per heavy atom. The highest BCUT2D eigenvalue weighted by Gasteiger charge is 2.14. The maximum Gasteiger partial charge on any atom is 0.260 e. The van der Waals surface area contributed by atoms with Crippen LogP contribution in [-0.4, -0.2) is 17.9 Å². The fourth-order valence-electron chi connectivity index (χ4n) is 1.58. The molecule has 0 atom stereocenters. The summed E-state index contributed by atoms with van der Waals surface area (Å²) < 4.78 is 0. The third-order valence-corrected chi connectivity index (χ3v) is 3.75. The van der Waals surface area contributed by atoms with Crippen molar-refractivity contribution < 1.29 is 4.79 Å². The molecule has 6 heteroatoms. The van der Waals surface area contributed by atoms with Gasteiger partial charge >= 0.3 is 0 Å². The Labute approximate surface area is 109 Å². The van der Waals surface area contributed by atoms with Crippen LogP contribution in [0, 0.1) is 0 Å². The second-order valence-corrected chi connectivity index (χ2v) is 4.94. The molecule has 2 aromatic rings. The van der Waals surface area contributed by atoms with Gasteiger partial charge in [0.15, 0.2) is 0 Å². The molecular formula is C12H14N4OS. The van der Waals surface area contributed by atoms with Crippen LogP contribution in [0.4, 0.5) is 10.7 Å². The lowest BCUT2D eigenvalue weighted by Crippen LogP contribution is -2.15. The van der Waals surface area contributed by atoms with E-state index in [0.29, 0.717) is 17.1 Å². The lowest BCUT2D eigenvalue weighted by atomic mass is 10.3. The number of nitrogens with two attached hydrogens (primary N) is 2. The summed E-state index contributed by atoms with van der Waals surface area (Å²) in [5.74, 6) is -0.491. The Morgan fingerprint density at radius 2 is 2.28 bits per heavy atom. The maximum absolute atomic E-state index is 11.1. The molecule has 0 aliphatic rings. The molecule has 0 spiro atoms. The summed E-state index contributed by atoms with van der Waals surface area (Å²) in [5, 5.41) is 0.895.